The first-order chi connectivity index (χ1) is 9.65. The molecule has 0 aliphatic carbocycles. The number of aromatic amines is 1. The van der Waals surface area contributed by atoms with Crippen LogP contribution in [0.25, 0.3) is 22.4 Å². The van der Waals surface area contributed by atoms with Crippen LogP contribution in [0, 0.1) is 0 Å². The van der Waals surface area contributed by atoms with Crippen molar-refractivity contribution in [2.24, 2.45) is 0 Å². The number of rotatable bonds is 3. The summed E-state index contributed by atoms with van der Waals surface area (Å²) in [6, 6.07) is 16.7. The summed E-state index contributed by atoms with van der Waals surface area (Å²) in [6.45, 7) is 6.91. The third-order valence-corrected chi connectivity index (χ3v) is 3.74. The Bertz CT molecular complexity index is 787. The first-order valence-corrected chi connectivity index (χ1v) is 7.35. The Hall–Kier alpha value is -1.87. The maximum Gasteiger partial charge on any atom is 0.287 e. The average molecular weight is 328 g/mol. The highest BCUT2D eigenvalue weighted by Gasteiger charge is 2.19. The molecule has 20 heavy (non-hydrogen) atoms. The van der Waals surface area contributed by atoms with Crippen LogP contribution in [0.2, 0.25) is 0 Å². The minimum Gasteiger partial charge on any atom is -0.236 e. The molecule has 100 valence electrons. The van der Waals surface area contributed by atoms with Crippen molar-refractivity contribution in [2.75, 3.05) is 0 Å². The van der Waals surface area contributed by atoms with E-state index in [2.05, 4.69) is 81.4 Å². The molecule has 3 rings (SSSR count). The second-order valence-electron chi connectivity index (χ2n) is 5.04. The van der Waals surface area contributed by atoms with Crippen molar-refractivity contribution in [2.45, 2.75) is 13.5 Å². The molecule has 0 aliphatic heterocycles. The van der Waals surface area contributed by atoms with Gasteiger partial charge in [-0.1, -0.05) is 40.7 Å². The van der Waals surface area contributed by atoms with Crippen molar-refractivity contribution in [1.29, 1.82) is 0 Å². The van der Waals surface area contributed by atoms with Crippen LogP contribution in [-0.2, 0) is 6.54 Å². The van der Waals surface area contributed by atoms with Crippen LogP contribution in [-0.4, -0.2) is 4.98 Å². The van der Waals surface area contributed by atoms with Crippen LogP contribution in [0.3, 0.4) is 0 Å². The van der Waals surface area contributed by atoms with E-state index in [1.807, 2.05) is 6.07 Å². The van der Waals surface area contributed by atoms with Crippen molar-refractivity contribution in [3.8, 4) is 11.4 Å². The number of hydrogen-bond donors (Lipinski definition) is 1. The van der Waals surface area contributed by atoms with Crippen molar-refractivity contribution in [3.63, 3.8) is 0 Å². The van der Waals surface area contributed by atoms with E-state index in [-0.39, 0.29) is 0 Å². The van der Waals surface area contributed by atoms with Crippen LogP contribution in [0.1, 0.15) is 6.92 Å². The molecule has 0 spiro atoms. The Morgan fingerprint density at radius 1 is 1.20 bits per heavy atom. The van der Waals surface area contributed by atoms with E-state index in [1.54, 1.807) is 0 Å². The number of nitrogens with zero attached hydrogens (tertiary/aromatic N) is 1. The minimum atomic E-state index is 0.811. The molecule has 0 atom stereocenters. The zero-order chi connectivity index (χ0) is 14.1. The molecule has 2 aromatic carbocycles. The monoisotopic (exact) mass is 327 g/mol. The number of nitrogens with one attached hydrogen (secondary N) is 1. The number of fused-ring (bicyclic) bond motifs is 1. The summed E-state index contributed by atoms with van der Waals surface area (Å²) in [5.74, 6) is 1.11. The molecule has 0 radical (unpaired) electrons. The number of imidazole rings is 1. The first kappa shape index (κ1) is 13.1. The molecule has 1 N–H and O–H groups in total. The lowest BCUT2D eigenvalue weighted by Gasteiger charge is -2.02. The number of para-hydroxylation sites is 2. The molecule has 0 amide bonds. The van der Waals surface area contributed by atoms with Gasteiger partial charge in [0.15, 0.2) is 11.0 Å². The summed E-state index contributed by atoms with van der Waals surface area (Å²) in [5.41, 5.74) is 4.64. The van der Waals surface area contributed by atoms with Gasteiger partial charge < -0.3 is 0 Å². The van der Waals surface area contributed by atoms with Crippen LogP contribution in [0.4, 0.5) is 0 Å². The summed E-state index contributed by atoms with van der Waals surface area (Å²) < 4.78 is 3.36. The van der Waals surface area contributed by atoms with Gasteiger partial charge in [-0.25, -0.2) is 9.55 Å². The number of aromatic nitrogens is 2. The van der Waals surface area contributed by atoms with Crippen LogP contribution in [0.15, 0.2) is 65.2 Å². The van der Waals surface area contributed by atoms with E-state index in [1.165, 1.54) is 5.52 Å². The maximum atomic E-state index is 4.05. The Morgan fingerprint density at radius 2 is 2.00 bits per heavy atom. The molecule has 0 bridgehead atoms. The summed E-state index contributed by atoms with van der Waals surface area (Å²) in [4.78, 5) is 3.51. The molecule has 3 heteroatoms. The number of halogens is 1. The number of H-pyrrole nitrogens is 1. The number of hydrogen-bond acceptors (Lipinski definition) is 0. The topological polar surface area (TPSA) is 19.7 Å². The van der Waals surface area contributed by atoms with E-state index in [4.69, 9.17) is 0 Å². The smallest absolute Gasteiger partial charge is 0.236 e. The van der Waals surface area contributed by atoms with Crippen molar-refractivity contribution < 1.29 is 4.57 Å². The fraction of sp³-hybridized carbons (Fsp3) is 0.118. The molecule has 0 saturated heterocycles. The summed E-state index contributed by atoms with van der Waals surface area (Å²) in [5, 5.41) is 0. The van der Waals surface area contributed by atoms with Crippen LogP contribution in [0.5, 0.6) is 0 Å². The van der Waals surface area contributed by atoms with Crippen molar-refractivity contribution in [1.82, 2.24) is 4.98 Å². The second-order valence-corrected chi connectivity index (χ2v) is 5.96. The van der Waals surface area contributed by atoms with E-state index in [0.29, 0.717) is 0 Å². The molecular weight excluding hydrogens is 312 g/mol. The minimum absolute atomic E-state index is 0.811. The zero-order valence-electron chi connectivity index (χ0n) is 11.4. The van der Waals surface area contributed by atoms with Crippen molar-refractivity contribution in [3.05, 3.63) is 65.2 Å². The van der Waals surface area contributed by atoms with Gasteiger partial charge in [-0.3, -0.25) is 0 Å². The average Bonchev–Trinajstić information content (AvgIpc) is 2.77. The predicted octanol–water partition coefficient (Wildman–Crippen LogP) is 4.46. The molecule has 0 fully saturated rings. The van der Waals surface area contributed by atoms with Gasteiger partial charge in [0.2, 0.25) is 0 Å². The van der Waals surface area contributed by atoms with Gasteiger partial charge in [0.05, 0.1) is 5.56 Å². The van der Waals surface area contributed by atoms with Gasteiger partial charge in [0, 0.05) is 4.47 Å². The Kier molecular flexibility index (Phi) is 3.45. The van der Waals surface area contributed by atoms with E-state index in [9.17, 15) is 0 Å². The lowest BCUT2D eigenvalue weighted by atomic mass is 10.2. The Labute approximate surface area is 126 Å². The van der Waals surface area contributed by atoms with E-state index < -0.39 is 0 Å². The van der Waals surface area contributed by atoms with E-state index >= 15 is 0 Å². The molecule has 1 heterocycles. The summed E-state index contributed by atoms with van der Waals surface area (Å²) in [6.07, 6.45) is 0. The van der Waals surface area contributed by atoms with Gasteiger partial charge in [0.25, 0.3) is 5.82 Å². The fourth-order valence-corrected chi connectivity index (χ4v) is 2.83. The van der Waals surface area contributed by atoms with E-state index in [0.717, 1.165) is 33.5 Å². The number of benzene rings is 2. The predicted molar refractivity (Wildman–Crippen MR) is 86.4 cm³/mol. The number of allylic oxidation sites excluding steroid dienone is 1. The largest absolute Gasteiger partial charge is 0.287 e. The summed E-state index contributed by atoms with van der Waals surface area (Å²) in [7, 11) is 0. The first-order valence-electron chi connectivity index (χ1n) is 6.56. The third-order valence-electron chi connectivity index (χ3n) is 3.24. The zero-order valence-corrected chi connectivity index (χ0v) is 12.9. The van der Waals surface area contributed by atoms with Crippen LogP contribution >= 0.6 is 15.9 Å². The molecule has 0 saturated carbocycles. The van der Waals surface area contributed by atoms with Crippen LogP contribution < -0.4 is 4.57 Å². The third kappa shape index (κ3) is 2.41. The molecule has 2 nitrogen and oxygen atoms in total. The Balaban J connectivity index is 2.26. The summed E-state index contributed by atoms with van der Waals surface area (Å²) >= 11 is 3.54. The molecule has 1 aromatic heterocycles. The molecular formula is C17H16BrN2+. The molecule has 3 aromatic rings. The quantitative estimate of drug-likeness (QED) is 0.541. The second kappa shape index (κ2) is 5.25. The maximum absolute atomic E-state index is 4.05. The lowest BCUT2D eigenvalue weighted by Crippen LogP contribution is -2.35. The fourth-order valence-electron chi connectivity index (χ4n) is 2.43. The van der Waals surface area contributed by atoms with Crippen molar-refractivity contribution >= 4 is 27.0 Å². The van der Waals surface area contributed by atoms with Gasteiger partial charge in [0.1, 0.15) is 6.54 Å². The lowest BCUT2D eigenvalue weighted by molar-refractivity contribution is -0.651. The van der Waals surface area contributed by atoms with Gasteiger partial charge in [-0.15, -0.1) is 0 Å². The molecule has 0 unspecified atom stereocenters. The SMILES string of the molecule is C=C(C)C[n+]1c(-c2cccc(Br)c2)[nH]c2ccccc21. The molecule has 0 aliphatic rings. The normalized spacial score (nSPS) is 10.9. The standard InChI is InChI=1S/C17H15BrN2/c1-12(2)11-20-16-9-4-3-8-15(16)19-17(20)13-6-5-7-14(18)10-13/h3-10H,1,11H2,2H3/p+1. The van der Waals surface area contributed by atoms with Gasteiger partial charge in [-0.2, -0.15) is 0 Å². The highest BCUT2D eigenvalue weighted by Crippen LogP contribution is 2.22. The Morgan fingerprint density at radius 3 is 2.75 bits per heavy atom. The highest BCUT2D eigenvalue weighted by atomic mass is 79.9. The van der Waals surface area contributed by atoms with Gasteiger partial charge >= 0.3 is 0 Å². The highest BCUT2D eigenvalue weighted by molar-refractivity contribution is 9.10. The van der Waals surface area contributed by atoms with Gasteiger partial charge in [-0.05, 0) is 42.8 Å².